The molecule has 0 radical (unpaired) electrons. The molecule has 1 atom stereocenters. The van der Waals surface area contributed by atoms with Gasteiger partial charge in [0, 0.05) is 0 Å². The van der Waals surface area contributed by atoms with E-state index in [4.69, 9.17) is 14.2 Å². The lowest BCUT2D eigenvalue weighted by molar-refractivity contribution is -0.0403. The fourth-order valence-electron chi connectivity index (χ4n) is 0.901. The Balaban J connectivity index is 1.90. The van der Waals surface area contributed by atoms with Crippen LogP contribution in [0.25, 0.3) is 0 Å². The van der Waals surface area contributed by atoms with Crippen molar-refractivity contribution in [1.82, 2.24) is 0 Å². The summed E-state index contributed by atoms with van der Waals surface area (Å²) in [6.45, 7) is 11.0. The van der Waals surface area contributed by atoms with E-state index in [0.717, 1.165) is 6.61 Å². The summed E-state index contributed by atoms with van der Waals surface area (Å²) in [5.41, 5.74) is -0.0644. The van der Waals surface area contributed by atoms with Crippen LogP contribution in [0.1, 0.15) is 27.7 Å². The summed E-state index contributed by atoms with van der Waals surface area (Å²) in [5.74, 6) is 0. The molecule has 0 bridgehead atoms. The Morgan fingerprint density at radius 1 is 1.31 bits per heavy atom. The van der Waals surface area contributed by atoms with E-state index in [2.05, 4.69) is 6.92 Å². The predicted octanol–water partition coefficient (Wildman–Crippen LogP) is 1.61. The van der Waals surface area contributed by atoms with E-state index in [1.54, 1.807) is 0 Å². The van der Waals surface area contributed by atoms with Gasteiger partial charge in [-0.3, -0.25) is 0 Å². The third kappa shape index (κ3) is 5.24. The average Bonchev–Trinajstić information content (AvgIpc) is 2.65. The van der Waals surface area contributed by atoms with Gasteiger partial charge in [-0.05, 0) is 27.7 Å². The van der Waals surface area contributed by atoms with Crippen LogP contribution in [0.3, 0.4) is 0 Å². The Bertz CT molecular complexity index is 149. The molecule has 1 unspecified atom stereocenters. The maximum atomic E-state index is 5.50. The van der Waals surface area contributed by atoms with Crippen molar-refractivity contribution in [2.24, 2.45) is 0 Å². The molecular formula is C10H20O3. The minimum Gasteiger partial charge on any atom is -0.376 e. The largest absolute Gasteiger partial charge is 0.376 e. The van der Waals surface area contributed by atoms with Gasteiger partial charge in [0.15, 0.2) is 0 Å². The highest BCUT2D eigenvalue weighted by Crippen LogP contribution is 2.25. The minimum absolute atomic E-state index is 0.00172. The molecule has 78 valence electrons. The van der Waals surface area contributed by atoms with Gasteiger partial charge in [0.2, 0.25) is 0 Å². The van der Waals surface area contributed by atoms with Gasteiger partial charge < -0.3 is 14.2 Å². The van der Waals surface area contributed by atoms with E-state index >= 15 is 0 Å². The Morgan fingerprint density at radius 3 is 2.38 bits per heavy atom. The first kappa shape index (κ1) is 11.0. The van der Waals surface area contributed by atoms with Crippen LogP contribution in [-0.2, 0) is 14.2 Å². The maximum absolute atomic E-state index is 5.50. The van der Waals surface area contributed by atoms with Crippen molar-refractivity contribution < 1.29 is 14.2 Å². The maximum Gasteiger partial charge on any atom is 0.112 e. The van der Waals surface area contributed by atoms with Crippen LogP contribution in [0.5, 0.6) is 0 Å². The molecular weight excluding hydrogens is 168 g/mol. The van der Waals surface area contributed by atoms with Crippen LogP contribution in [0.2, 0.25) is 0 Å². The quantitative estimate of drug-likeness (QED) is 0.485. The van der Waals surface area contributed by atoms with Crippen molar-refractivity contribution in [2.75, 3.05) is 26.4 Å². The molecule has 3 nitrogen and oxygen atoms in total. The molecule has 1 saturated heterocycles. The van der Waals surface area contributed by atoms with Gasteiger partial charge in [-0.15, -0.1) is 0 Å². The van der Waals surface area contributed by atoms with E-state index in [9.17, 15) is 0 Å². The second-order valence-corrected chi connectivity index (χ2v) is 4.75. The number of rotatable bonds is 5. The Kier molecular flexibility index (Phi) is 3.33. The number of ether oxygens (including phenoxy) is 3. The highest BCUT2D eigenvalue weighted by atomic mass is 16.6. The summed E-state index contributed by atoms with van der Waals surface area (Å²) in [6.07, 6.45) is 0. The summed E-state index contributed by atoms with van der Waals surface area (Å²) >= 11 is 0. The third-order valence-electron chi connectivity index (χ3n) is 1.81. The van der Waals surface area contributed by atoms with Crippen LogP contribution in [-0.4, -0.2) is 37.6 Å². The van der Waals surface area contributed by atoms with Crippen molar-refractivity contribution in [3.05, 3.63) is 0 Å². The van der Waals surface area contributed by atoms with E-state index in [1.165, 1.54) is 0 Å². The summed E-state index contributed by atoms with van der Waals surface area (Å²) in [5, 5.41) is 0. The fraction of sp³-hybridized carbons (Fsp3) is 1.00. The van der Waals surface area contributed by atoms with Gasteiger partial charge in [-0.2, -0.15) is 0 Å². The second-order valence-electron chi connectivity index (χ2n) is 4.75. The normalized spacial score (nSPS) is 27.7. The first-order valence-corrected chi connectivity index (χ1v) is 4.77. The lowest BCUT2D eigenvalue weighted by Crippen LogP contribution is -2.23. The number of hydrogen-bond donors (Lipinski definition) is 0. The monoisotopic (exact) mass is 188 g/mol. The molecule has 0 N–H and O–H groups in total. The predicted molar refractivity (Wildman–Crippen MR) is 50.9 cm³/mol. The zero-order valence-electron chi connectivity index (χ0n) is 9.05. The lowest BCUT2D eigenvalue weighted by atomic mass is 10.2. The zero-order valence-corrected chi connectivity index (χ0v) is 9.05. The minimum atomic E-state index is -0.0661. The highest BCUT2D eigenvalue weighted by molar-refractivity contribution is 4.86. The van der Waals surface area contributed by atoms with Crippen molar-refractivity contribution in [2.45, 2.75) is 38.9 Å². The molecule has 13 heavy (non-hydrogen) atoms. The van der Waals surface area contributed by atoms with Crippen molar-refractivity contribution in [3.8, 4) is 0 Å². The van der Waals surface area contributed by atoms with Crippen LogP contribution in [0, 0.1) is 0 Å². The van der Waals surface area contributed by atoms with Gasteiger partial charge in [0.25, 0.3) is 0 Å². The molecule has 1 fully saturated rings. The van der Waals surface area contributed by atoms with Gasteiger partial charge in [-0.1, -0.05) is 0 Å². The first-order valence-electron chi connectivity index (χ1n) is 4.77. The van der Waals surface area contributed by atoms with Gasteiger partial charge in [-0.25, -0.2) is 0 Å². The molecule has 0 aromatic heterocycles. The molecule has 0 aromatic carbocycles. The van der Waals surface area contributed by atoms with Gasteiger partial charge in [0.1, 0.15) is 5.60 Å². The van der Waals surface area contributed by atoms with E-state index in [-0.39, 0.29) is 11.2 Å². The fourth-order valence-corrected chi connectivity index (χ4v) is 0.901. The third-order valence-corrected chi connectivity index (χ3v) is 1.81. The molecule has 1 rings (SSSR count). The van der Waals surface area contributed by atoms with Crippen LogP contribution >= 0.6 is 0 Å². The Morgan fingerprint density at radius 2 is 1.92 bits per heavy atom. The summed E-state index contributed by atoms with van der Waals surface area (Å²) in [4.78, 5) is 0. The molecule has 0 aromatic rings. The van der Waals surface area contributed by atoms with E-state index < -0.39 is 0 Å². The highest BCUT2D eigenvalue weighted by Gasteiger charge is 2.39. The van der Waals surface area contributed by atoms with Gasteiger partial charge >= 0.3 is 0 Å². The number of epoxide rings is 1. The number of hydrogen-bond acceptors (Lipinski definition) is 3. The van der Waals surface area contributed by atoms with Crippen molar-refractivity contribution >= 4 is 0 Å². The molecule has 3 heteroatoms. The standard InChI is InChI=1S/C10H20O3/c1-9(2,3)12-6-5-11-7-10(4)8-13-10/h5-8H2,1-4H3. The second kappa shape index (κ2) is 3.95. The topological polar surface area (TPSA) is 31.0 Å². The smallest absolute Gasteiger partial charge is 0.112 e. The van der Waals surface area contributed by atoms with Crippen LogP contribution in [0.4, 0.5) is 0 Å². The molecule has 1 aliphatic rings. The SMILES string of the molecule is CC(C)(C)OCCOCC1(C)CO1. The molecule has 1 aliphatic heterocycles. The first-order chi connectivity index (χ1) is 5.91. The summed E-state index contributed by atoms with van der Waals surface area (Å²) < 4.78 is 16.1. The van der Waals surface area contributed by atoms with Crippen LogP contribution < -0.4 is 0 Å². The molecule has 0 amide bonds. The van der Waals surface area contributed by atoms with Gasteiger partial charge in [0.05, 0.1) is 32.0 Å². The Hall–Kier alpha value is -0.120. The van der Waals surface area contributed by atoms with Crippen molar-refractivity contribution in [3.63, 3.8) is 0 Å². The molecule has 0 aliphatic carbocycles. The summed E-state index contributed by atoms with van der Waals surface area (Å²) in [6, 6.07) is 0. The lowest BCUT2D eigenvalue weighted by Gasteiger charge is -2.19. The molecule has 0 spiro atoms. The zero-order chi connectivity index (χ0) is 9.95. The summed E-state index contributed by atoms with van der Waals surface area (Å²) in [7, 11) is 0. The molecule has 0 saturated carbocycles. The van der Waals surface area contributed by atoms with E-state index in [0.29, 0.717) is 19.8 Å². The van der Waals surface area contributed by atoms with Crippen LogP contribution in [0.15, 0.2) is 0 Å². The van der Waals surface area contributed by atoms with Crippen molar-refractivity contribution in [1.29, 1.82) is 0 Å². The average molecular weight is 188 g/mol. The Labute approximate surface area is 80.4 Å². The molecule has 1 heterocycles. The van der Waals surface area contributed by atoms with E-state index in [1.807, 2.05) is 20.8 Å².